The summed E-state index contributed by atoms with van der Waals surface area (Å²) in [6.07, 6.45) is 0.637. The van der Waals surface area contributed by atoms with E-state index in [0.717, 1.165) is 21.6 Å². The molecule has 0 atom stereocenters. The second-order valence-electron chi connectivity index (χ2n) is 8.74. The van der Waals surface area contributed by atoms with Crippen LogP contribution in [0.2, 0.25) is 0 Å². The number of nitrogens with zero attached hydrogens (tertiary/aromatic N) is 2. The van der Waals surface area contributed by atoms with Crippen LogP contribution in [0.5, 0.6) is 0 Å². The fourth-order valence-electron chi connectivity index (χ4n) is 3.81. The maximum atomic E-state index is 13.0. The molecule has 0 spiro atoms. The molecule has 0 radical (unpaired) electrons. The maximum absolute atomic E-state index is 13.0. The molecule has 0 bridgehead atoms. The van der Waals surface area contributed by atoms with Gasteiger partial charge in [-0.15, -0.1) is 0 Å². The third-order valence-corrected chi connectivity index (χ3v) is 6.34. The summed E-state index contributed by atoms with van der Waals surface area (Å²) < 4.78 is 12.4. The zero-order valence-corrected chi connectivity index (χ0v) is 19.8. The van der Waals surface area contributed by atoms with Gasteiger partial charge in [-0.3, -0.25) is 9.59 Å². The second kappa shape index (κ2) is 8.71. The van der Waals surface area contributed by atoms with Crippen molar-refractivity contribution in [1.29, 1.82) is 0 Å². The van der Waals surface area contributed by atoms with E-state index in [9.17, 15) is 14.4 Å². The number of benzene rings is 2. The molecule has 2 aromatic rings. The van der Waals surface area contributed by atoms with E-state index in [1.165, 1.54) is 0 Å². The maximum Gasteiger partial charge on any atom is 0.410 e. The Hall–Kier alpha value is -2.65. The topological polar surface area (TPSA) is 76.2 Å². The van der Waals surface area contributed by atoms with E-state index in [2.05, 4.69) is 0 Å². The summed E-state index contributed by atoms with van der Waals surface area (Å²) in [5.41, 5.74) is 0.399. The van der Waals surface area contributed by atoms with Crippen molar-refractivity contribution in [2.45, 2.75) is 45.3 Å². The number of hydrogen-bond donors (Lipinski definition) is 0. The molecule has 1 saturated heterocycles. The highest BCUT2D eigenvalue weighted by Gasteiger charge is 2.35. The average molecular weight is 473 g/mol. The number of carbonyl (C=O) groups excluding carboxylic acids is 3. The Labute approximate surface area is 196 Å². The Morgan fingerprint density at radius 2 is 1.59 bits per heavy atom. The van der Waals surface area contributed by atoms with Crippen molar-refractivity contribution in [1.82, 2.24) is 9.21 Å². The molecular weight excluding hydrogens is 448 g/mol. The number of thiocarbonyl (C=S) groups is 1. The van der Waals surface area contributed by atoms with Crippen LogP contribution >= 0.6 is 24.2 Å². The van der Waals surface area contributed by atoms with Gasteiger partial charge >= 0.3 is 6.09 Å². The van der Waals surface area contributed by atoms with Gasteiger partial charge in [0.1, 0.15) is 11.7 Å². The zero-order valence-electron chi connectivity index (χ0n) is 18.1. The van der Waals surface area contributed by atoms with Crippen molar-refractivity contribution in [2.24, 2.45) is 0 Å². The van der Waals surface area contributed by atoms with Crippen LogP contribution in [0.1, 0.15) is 54.3 Å². The number of carbonyl (C=O) groups is 3. The summed E-state index contributed by atoms with van der Waals surface area (Å²) >= 11 is 6.17. The van der Waals surface area contributed by atoms with E-state index in [0.29, 0.717) is 42.4 Å². The van der Waals surface area contributed by atoms with Gasteiger partial charge in [-0.25, -0.2) is 9.10 Å². The third kappa shape index (κ3) is 4.59. The first-order valence-corrected chi connectivity index (χ1v) is 11.6. The Morgan fingerprint density at radius 1 is 1.03 bits per heavy atom. The molecular formula is C23H24N2O5S2. The molecule has 4 rings (SSSR count). The summed E-state index contributed by atoms with van der Waals surface area (Å²) in [7, 11) is 0. The first-order chi connectivity index (χ1) is 15.1. The second-order valence-corrected chi connectivity index (χ2v) is 10.3. The predicted molar refractivity (Wildman–Crippen MR) is 127 cm³/mol. The highest BCUT2D eigenvalue weighted by atomic mass is 32.2. The third-order valence-electron chi connectivity index (χ3n) is 5.26. The number of rotatable bonds is 2. The van der Waals surface area contributed by atoms with Crippen LogP contribution < -0.4 is 0 Å². The SMILES string of the molecule is CC(C)(C)OC(=O)N1CCC(OC(=S)SN2C(=O)c3cccc4cccc(c34)C2=O)CC1. The molecule has 2 aromatic carbocycles. The van der Waals surface area contributed by atoms with Crippen molar-refractivity contribution in [3.05, 3.63) is 47.5 Å². The van der Waals surface area contributed by atoms with Crippen LogP contribution in [-0.2, 0) is 9.47 Å². The zero-order chi connectivity index (χ0) is 23.0. The van der Waals surface area contributed by atoms with Gasteiger partial charge in [-0.1, -0.05) is 24.3 Å². The lowest BCUT2D eigenvalue weighted by Gasteiger charge is -2.33. The van der Waals surface area contributed by atoms with Crippen LogP contribution in [0.25, 0.3) is 10.8 Å². The van der Waals surface area contributed by atoms with E-state index in [1.807, 2.05) is 32.9 Å². The molecule has 0 aliphatic carbocycles. The van der Waals surface area contributed by atoms with E-state index in [1.54, 1.807) is 29.2 Å². The minimum absolute atomic E-state index is 0.106. The molecule has 9 heteroatoms. The fraction of sp³-hybridized carbons (Fsp3) is 0.391. The summed E-state index contributed by atoms with van der Waals surface area (Å²) in [5, 5.41) is 1.52. The molecule has 2 aliphatic rings. The van der Waals surface area contributed by atoms with Crippen LogP contribution in [-0.4, -0.2) is 56.3 Å². The van der Waals surface area contributed by atoms with Gasteiger partial charge in [0.25, 0.3) is 11.8 Å². The van der Waals surface area contributed by atoms with E-state index in [4.69, 9.17) is 21.7 Å². The first-order valence-electron chi connectivity index (χ1n) is 10.4. The first kappa shape index (κ1) is 22.5. The number of imide groups is 1. The Morgan fingerprint density at radius 3 is 2.12 bits per heavy atom. The van der Waals surface area contributed by atoms with Crippen molar-refractivity contribution in [3.63, 3.8) is 0 Å². The number of piperidine rings is 1. The van der Waals surface area contributed by atoms with E-state index < -0.39 is 17.4 Å². The summed E-state index contributed by atoms with van der Waals surface area (Å²) in [6.45, 7) is 6.48. The molecule has 2 heterocycles. The smallest absolute Gasteiger partial charge is 0.410 e. The molecule has 0 saturated carbocycles. The molecule has 32 heavy (non-hydrogen) atoms. The molecule has 0 unspecified atom stereocenters. The van der Waals surface area contributed by atoms with Gasteiger partial charge in [0.05, 0.1) is 0 Å². The largest absolute Gasteiger partial charge is 0.474 e. The lowest BCUT2D eigenvalue weighted by molar-refractivity contribution is 0.0121. The van der Waals surface area contributed by atoms with Crippen LogP contribution in [0.4, 0.5) is 4.79 Å². The number of ether oxygens (including phenoxy) is 2. The van der Waals surface area contributed by atoms with Crippen molar-refractivity contribution in [2.75, 3.05) is 13.1 Å². The summed E-state index contributed by atoms with van der Waals surface area (Å²) in [5.74, 6) is -0.815. The quantitative estimate of drug-likeness (QED) is 0.353. The van der Waals surface area contributed by atoms with Crippen molar-refractivity contribution >= 4 is 57.2 Å². The Balaban J connectivity index is 1.37. The molecule has 0 aromatic heterocycles. The van der Waals surface area contributed by atoms with E-state index >= 15 is 0 Å². The monoisotopic (exact) mass is 472 g/mol. The predicted octanol–water partition coefficient (Wildman–Crippen LogP) is 4.79. The van der Waals surface area contributed by atoms with Crippen LogP contribution in [0.3, 0.4) is 0 Å². The lowest BCUT2D eigenvalue weighted by Crippen LogP contribution is -2.44. The van der Waals surface area contributed by atoms with Gasteiger partial charge in [0, 0.05) is 54.4 Å². The van der Waals surface area contributed by atoms with Gasteiger partial charge < -0.3 is 14.4 Å². The lowest BCUT2D eigenvalue weighted by atomic mass is 9.95. The number of likely N-dealkylation sites (tertiary alicyclic amines) is 1. The summed E-state index contributed by atoms with van der Waals surface area (Å²) in [4.78, 5) is 39.8. The Kier molecular flexibility index (Phi) is 6.13. The van der Waals surface area contributed by atoms with Gasteiger partial charge in [0.15, 0.2) is 0 Å². The summed E-state index contributed by atoms with van der Waals surface area (Å²) in [6, 6.07) is 10.8. The number of hydrogen-bond acceptors (Lipinski definition) is 7. The van der Waals surface area contributed by atoms with E-state index in [-0.39, 0.29) is 16.6 Å². The molecule has 0 N–H and O–H groups in total. The van der Waals surface area contributed by atoms with Gasteiger partial charge in [-0.2, -0.15) is 0 Å². The van der Waals surface area contributed by atoms with Crippen LogP contribution in [0, 0.1) is 0 Å². The minimum Gasteiger partial charge on any atom is -0.474 e. The van der Waals surface area contributed by atoms with Crippen molar-refractivity contribution < 1.29 is 23.9 Å². The highest BCUT2D eigenvalue weighted by molar-refractivity contribution is 8.21. The van der Waals surface area contributed by atoms with Gasteiger partial charge in [0.2, 0.25) is 4.38 Å². The highest BCUT2D eigenvalue weighted by Crippen LogP contribution is 2.34. The Bertz CT molecular complexity index is 1050. The molecule has 3 amide bonds. The normalized spacial score (nSPS) is 17.0. The van der Waals surface area contributed by atoms with Crippen molar-refractivity contribution in [3.8, 4) is 0 Å². The van der Waals surface area contributed by atoms with Crippen LogP contribution in [0.15, 0.2) is 36.4 Å². The standard InChI is InChI=1S/C23H24N2O5S2/c1-23(2,3)30-21(28)24-12-10-15(11-13-24)29-22(31)32-25-19(26)16-8-4-6-14-7-5-9-17(18(14)16)20(25)27/h4-9,15H,10-13H2,1-3H3. The minimum atomic E-state index is -0.543. The molecule has 2 aliphatic heterocycles. The van der Waals surface area contributed by atoms with Gasteiger partial charge in [-0.05, 0) is 50.5 Å². The fourth-order valence-corrected chi connectivity index (χ4v) is 4.86. The molecule has 1 fully saturated rings. The number of amides is 3. The molecule has 168 valence electrons. The molecule has 7 nitrogen and oxygen atoms in total. The average Bonchev–Trinajstić information content (AvgIpc) is 2.74.